The zero-order valence-corrected chi connectivity index (χ0v) is 16.7. The molecule has 0 radical (unpaired) electrons. The Morgan fingerprint density at radius 2 is 1.52 bits per heavy atom. The van der Waals surface area contributed by atoms with Gasteiger partial charge in [0.05, 0.1) is 6.10 Å². The van der Waals surface area contributed by atoms with Gasteiger partial charge in [-0.2, -0.15) is 0 Å². The first kappa shape index (κ1) is 23.9. The summed E-state index contributed by atoms with van der Waals surface area (Å²) in [4.78, 5) is 11.9. The van der Waals surface area contributed by atoms with Crippen LogP contribution < -0.4 is 0 Å². The fourth-order valence-corrected chi connectivity index (χ4v) is 3.69. The molecule has 1 saturated carbocycles. The summed E-state index contributed by atoms with van der Waals surface area (Å²) in [6.07, 6.45) is 21.0. The number of carbonyl (C=O) groups is 1. The SMILES string of the molecule is C#CCCCCCC/C=C\CCCCCCC[C@]1(O)C(=O)CC[C@H](O)[C@H]1O. The number of aliphatic hydroxyl groups is 3. The average molecular weight is 379 g/mol. The van der Waals surface area contributed by atoms with Gasteiger partial charge in [0.15, 0.2) is 11.4 Å². The smallest absolute Gasteiger partial charge is 0.167 e. The van der Waals surface area contributed by atoms with E-state index in [1.165, 1.54) is 19.3 Å². The molecule has 0 spiro atoms. The average Bonchev–Trinajstić information content (AvgIpc) is 2.66. The molecular weight excluding hydrogens is 340 g/mol. The van der Waals surface area contributed by atoms with E-state index in [9.17, 15) is 20.1 Å². The van der Waals surface area contributed by atoms with Crippen molar-refractivity contribution in [3.05, 3.63) is 12.2 Å². The molecule has 1 aliphatic rings. The van der Waals surface area contributed by atoms with Crippen LogP contribution in [0, 0.1) is 12.3 Å². The quantitative estimate of drug-likeness (QED) is 0.242. The monoisotopic (exact) mass is 378 g/mol. The summed E-state index contributed by atoms with van der Waals surface area (Å²) in [6, 6.07) is 0. The van der Waals surface area contributed by atoms with Gasteiger partial charge < -0.3 is 15.3 Å². The largest absolute Gasteiger partial charge is 0.390 e. The summed E-state index contributed by atoms with van der Waals surface area (Å²) < 4.78 is 0. The van der Waals surface area contributed by atoms with Gasteiger partial charge in [0.1, 0.15) is 6.10 Å². The van der Waals surface area contributed by atoms with E-state index in [0.717, 1.165) is 51.4 Å². The predicted molar refractivity (Wildman–Crippen MR) is 109 cm³/mol. The minimum absolute atomic E-state index is 0.145. The fraction of sp³-hybridized carbons (Fsp3) is 0.783. The van der Waals surface area contributed by atoms with Gasteiger partial charge in [-0.3, -0.25) is 4.79 Å². The molecule has 1 fully saturated rings. The third-order valence-electron chi connectivity index (χ3n) is 5.54. The van der Waals surface area contributed by atoms with Crippen molar-refractivity contribution in [1.29, 1.82) is 0 Å². The number of unbranched alkanes of at least 4 members (excludes halogenated alkanes) is 10. The molecule has 4 heteroatoms. The Balaban J connectivity index is 1.98. The number of Topliss-reactive ketones (excluding diaryl/α,β-unsaturated/α-hetero) is 1. The van der Waals surface area contributed by atoms with Crippen molar-refractivity contribution in [3.8, 4) is 12.3 Å². The highest BCUT2D eigenvalue weighted by molar-refractivity contribution is 5.88. The van der Waals surface area contributed by atoms with Gasteiger partial charge in [-0.25, -0.2) is 0 Å². The third kappa shape index (κ3) is 9.06. The summed E-state index contributed by atoms with van der Waals surface area (Å²) >= 11 is 0. The van der Waals surface area contributed by atoms with Crippen molar-refractivity contribution in [2.75, 3.05) is 0 Å². The van der Waals surface area contributed by atoms with Crippen LogP contribution in [0.25, 0.3) is 0 Å². The molecule has 1 aliphatic carbocycles. The fourth-order valence-electron chi connectivity index (χ4n) is 3.69. The molecule has 0 aliphatic heterocycles. The number of carbonyl (C=O) groups excluding carboxylic acids is 1. The molecule has 3 N–H and O–H groups in total. The number of ketones is 1. The second-order valence-corrected chi connectivity index (χ2v) is 7.83. The van der Waals surface area contributed by atoms with Gasteiger partial charge in [-0.1, -0.05) is 50.7 Å². The normalized spacial score (nSPS) is 25.8. The van der Waals surface area contributed by atoms with Crippen molar-refractivity contribution in [2.45, 2.75) is 114 Å². The Kier molecular flexibility index (Phi) is 12.3. The number of hydrogen-bond acceptors (Lipinski definition) is 4. The number of terminal acetylenes is 1. The van der Waals surface area contributed by atoms with E-state index in [0.29, 0.717) is 6.42 Å². The molecule has 4 nitrogen and oxygen atoms in total. The second kappa shape index (κ2) is 13.9. The summed E-state index contributed by atoms with van der Waals surface area (Å²) in [7, 11) is 0. The Hall–Kier alpha value is -1.15. The van der Waals surface area contributed by atoms with Gasteiger partial charge in [-0.05, 0) is 44.9 Å². The van der Waals surface area contributed by atoms with E-state index >= 15 is 0 Å². The maximum atomic E-state index is 11.9. The number of aliphatic hydroxyl groups excluding tert-OH is 2. The summed E-state index contributed by atoms with van der Waals surface area (Å²) in [5, 5.41) is 30.0. The molecule has 0 amide bonds. The molecule has 0 aromatic heterocycles. The zero-order valence-electron chi connectivity index (χ0n) is 16.7. The van der Waals surface area contributed by atoms with Gasteiger partial charge in [0, 0.05) is 12.8 Å². The lowest BCUT2D eigenvalue weighted by molar-refractivity contribution is -0.174. The first-order chi connectivity index (χ1) is 13.0. The van der Waals surface area contributed by atoms with Crippen LogP contribution in [0.2, 0.25) is 0 Å². The second-order valence-electron chi connectivity index (χ2n) is 7.83. The highest BCUT2D eigenvalue weighted by atomic mass is 16.4. The first-order valence-electron chi connectivity index (χ1n) is 10.7. The minimum Gasteiger partial charge on any atom is -0.390 e. The zero-order chi connectivity index (χ0) is 20.0. The highest BCUT2D eigenvalue weighted by Gasteiger charge is 2.48. The van der Waals surface area contributed by atoms with E-state index in [1.807, 2.05) is 0 Å². The Morgan fingerprint density at radius 3 is 2.15 bits per heavy atom. The maximum absolute atomic E-state index is 11.9. The van der Waals surface area contributed by atoms with Crippen LogP contribution in [0.1, 0.15) is 96.3 Å². The third-order valence-corrected chi connectivity index (χ3v) is 5.54. The molecule has 0 aromatic carbocycles. The Labute approximate surface area is 165 Å². The van der Waals surface area contributed by atoms with Gasteiger partial charge in [-0.15, -0.1) is 12.3 Å². The topological polar surface area (TPSA) is 77.8 Å². The number of rotatable bonds is 14. The lowest BCUT2D eigenvalue weighted by Crippen LogP contribution is -2.58. The molecule has 0 aromatic rings. The van der Waals surface area contributed by atoms with Crippen LogP contribution >= 0.6 is 0 Å². The van der Waals surface area contributed by atoms with Crippen LogP contribution in [0.3, 0.4) is 0 Å². The molecular formula is C23H38O4. The van der Waals surface area contributed by atoms with Gasteiger partial charge in [0.2, 0.25) is 0 Å². The van der Waals surface area contributed by atoms with Crippen molar-refractivity contribution in [1.82, 2.24) is 0 Å². The minimum atomic E-state index is -1.75. The van der Waals surface area contributed by atoms with Crippen molar-refractivity contribution >= 4 is 5.78 Å². The van der Waals surface area contributed by atoms with Crippen LogP contribution in [-0.4, -0.2) is 38.9 Å². The lowest BCUT2D eigenvalue weighted by atomic mass is 9.76. The van der Waals surface area contributed by atoms with E-state index in [4.69, 9.17) is 6.42 Å². The molecule has 0 unspecified atom stereocenters. The molecule has 0 bridgehead atoms. The van der Waals surface area contributed by atoms with Crippen molar-refractivity contribution < 1.29 is 20.1 Å². The van der Waals surface area contributed by atoms with Crippen molar-refractivity contribution in [3.63, 3.8) is 0 Å². The van der Waals surface area contributed by atoms with Crippen LogP contribution in [-0.2, 0) is 4.79 Å². The Morgan fingerprint density at radius 1 is 0.963 bits per heavy atom. The Bertz CT molecular complexity index is 479. The molecule has 1 rings (SSSR count). The first-order valence-corrected chi connectivity index (χ1v) is 10.7. The molecule has 0 heterocycles. The van der Waals surface area contributed by atoms with E-state index in [1.54, 1.807) is 0 Å². The number of allylic oxidation sites excluding steroid dienone is 2. The summed E-state index contributed by atoms with van der Waals surface area (Å²) in [6.45, 7) is 0. The van der Waals surface area contributed by atoms with Gasteiger partial charge in [0.25, 0.3) is 0 Å². The van der Waals surface area contributed by atoms with E-state index in [2.05, 4.69) is 18.1 Å². The predicted octanol–water partition coefficient (Wildman–Crippen LogP) is 4.06. The van der Waals surface area contributed by atoms with Crippen molar-refractivity contribution in [2.24, 2.45) is 0 Å². The van der Waals surface area contributed by atoms with Crippen LogP contribution in [0.15, 0.2) is 12.2 Å². The maximum Gasteiger partial charge on any atom is 0.167 e. The van der Waals surface area contributed by atoms with Crippen LogP contribution in [0.5, 0.6) is 0 Å². The number of hydrogen-bond donors (Lipinski definition) is 3. The molecule has 27 heavy (non-hydrogen) atoms. The highest BCUT2D eigenvalue weighted by Crippen LogP contribution is 2.30. The molecule has 0 saturated heterocycles. The standard InChI is InChI=1S/C23H38O4/c1-2-3-4-5-6-7-8-9-10-11-12-13-14-15-16-19-23(27)21(25)18-17-20(24)22(23)26/h1,9-10,20,22,24,26-27H,3-8,11-19H2/b10-9-/t20-,22+,23-/m0/s1. The van der Waals surface area contributed by atoms with Crippen LogP contribution in [0.4, 0.5) is 0 Å². The molecule has 3 atom stereocenters. The van der Waals surface area contributed by atoms with E-state index < -0.39 is 17.8 Å². The van der Waals surface area contributed by atoms with Gasteiger partial charge >= 0.3 is 0 Å². The van der Waals surface area contributed by atoms with E-state index in [-0.39, 0.29) is 25.0 Å². The summed E-state index contributed by atoms with van der Waals surface area (Å²) in [5.74, 6) is 2.34. The lowest BCUT2D eigenvalue weighted by Gasteiger charge is -2.38. The molecule has 154 valence electrons. The summed E-state index contributed by atoms with van der Waals surface area (Å²) in [5.41, 5.74) is -1.75.